The van der Waals surface area contributed by atoms with Crippen molar-refractivity contribution in [2.75, 3.05) is 5.32 Å². The molecule has 0 aliphatic rings. The van der Waals surface area contributed by atoms with Crippen LogP contribution in [-0.4, -0.2) is 43.0 Å². The lowest BCUT2D eigenvalue weighted by molar-refractivity contribution is -0.139. The van der Waals surface area contributed by atoms with Crippen LogP contribution in [0.3, 0.4) is 0 Å². The third-order valence-corrected chi connectivity index (χ3v) is 6.80. The molecule has 210 valence electrons. The van der Waals surface area contributed by atoms with E-state index in [1.165, 1.54) is 6.20 Å². The number of anilines is 1. The summed E-state index contributed by atoms with van der Waals surface area (Å²) in [6, 6.07) is 12.9. The molecule has 41 heavy (non-hydrogen) atoms. The van der Waals surface area contributed by atoms with Crippen LogP contribution in [0.4, 0.5) is 14.5 Å². The molecular formula is C30H27F2N5O4. The van der Waals surface area contributed by atoms with E-state index < -0.39 is 35.1 Å². The number of hydrogen-bond acceptors (Lipinski definition) is 5. The molecule has 0 aliphatic carbocycles. The Labute approximate surface area is 233 Å². The van der Waals surface area contributed by atoms with Crippen molar-refractivity contribution in [2.24, 2.45) is 7.05 Å². The molecule has 3 N–H and O–H groups in total. The van der Waals surface area contributed by atoms with Gasteiger partial charge in [0.25, 0.3) is 11.5 Å². The minimum Gasteiger partial charge on any atom is -0.480 e. The molecule has 0 fully saturated rings. The summed E-state index contributed by atoms with van der Waals surface area (Å²) in [4.78, 5) is 42.5. The number of amides is 1. The Balaban J connectivity index is 1.47. The molecule has 0 unspecified atom stereocenters. The van der Waals surface area contributed by atoms with Crippen LogP contribution in [-0.2, 0) is 18.3 Å². The van der Waals surface area contributed by atoms with Crippen molar-refractivity contribution >= 4 is 34.1 Å². The molecule has 0 saturated carbocycles. The fraction of sp³-hybridized carbons (Fsp3) is 0.200. The number of carboxylic acids is 1. The van der Waals surface area contributed by atoms with Gasteiger partial charge in [0, 0.05) is 48.8 Å². The van der Waals surface area contributed by atoms with Gasteiger partial charge >= 0.3 is 5.97 Å². The minimum absolute atomic E-state index is 0.0967. The molecule has 0 spiro atoms. The second-order valence-electron chi connectivity index (χ2n) is 10.0. The van der Waals surface area contributed by atoms with Crippen LogP contribution < -0.4 is 16.2 Å². The standard InChI is InChI=1S/C30H27F2N5O4/c1-16(2)34-18-13-22(31)26(23(32)14-18)28(38)35-24(30(40)41)15-19-8-9-20(27-33-10-11-37(19)27)21-12-17-6-4-5-7-25(17)36(3)29(21)39/h4-14,16,24,34H,15H2,1-3H3,(H,35,38)(H,40,41)/t24-/m0/s1. The molecule has 3 heterocycles. The molecule has 0 radical (unpaired) electrons. The van der Waals surface area contributed by atoms with Gasteiger partial charge in [0.05, 0.1) is 11.1 Å². The average Bonchev–Trinajstić information content (AvgIpc) is 3.40. The number of hydrogen-bond donors (Lipinski definition) is 3. The number of fused-ring (bicyclic) bond motifs is 2. The molecule has 1 amide bonds. The van der Waals surface area contributed by atoms with Gasteiger partial charge in [-0.05, 0) is 55.6 Å². The first kappa shape index (κ1) is 27.5. The van der Waals surface area contributed by atoms with Gasteiger partial charge in [0.15, 0.2) is 0 Å². The summed E-state index contributed by atoms with van der Waals surface area (Å²) in [7, 11) is 1.69. The fourth-order valence-electron chi connectivity index (χ4n) is 4.91. The zero-order valence-electron chi connectivity index (χ0n) is 22.5. The highest BCUT2D eigenvalue weighted by molar-refractivity contribution is 5.97. The number of halogens is 2. The monoisotopic (exact) mass is 559 g/mol. The van der Waals surface area contributed by atoms with E-state index in [0.717, 1.165) is 23.0 Å². The summed E-state index contributed by atoms with van der Waals surface area (Å²) in [6.07, 6.45) is 2.90. The smallest absolute Gasteiger partial charge is 0.326 e. The highest BCUT2D eigenvalue weighted by Gasteiger charge is 2.27. The Hall–Kier alpha value is -5.06. The van der Waals surface area contributed by atoms with Gasteiger partial charge in [-0.25, -0.2) is 18.6 Å². The summed E-state index contributed by atoms with van der Waals surface area (Å²) < 4.78 is 32.6. The molecule has 0 aliphatic heterocycles. The maximum atomic E-state index is 14.7. The third kappa shape index (κ3) is 5.25. The molecule has 0 saturated heterocycles. The first-order chi connectivity index (χ1) is 19.5. The van der Waals surface area contributed by atoms with Gasteiger partial charge in [-0.1, -0.05) is 18.2 Å². The topological polar surface area (TPSA) is 118 Å². The number of carbonyl (C=O) groups excluding carboxylic acids is 1. The number of carboxylic acid groups (broad SMARTS) is 1. The van der Waals surface area contributed by atoms with Crippen LogP contribution in [0.1, 0.15) is 29.9 Å². The van der Waals surface area contributed by atoms with E-state index in [4.69, 9.17) is 0 Å². The summed E-state index contributed by atoms with van der Waals surface area (Å²) >= 11 is 0. The van der Waals surface area contributed by atoms with Gasteiger partial charge in [0.2, 0.25) is 0 Å². The van der Waals surface area contributed by atoms with Gasteiger partial charge in [-0.2, -0.15) is 0 Å². The maximum Gasteiger partial charge on any atom is 0.326 e. The fourth-order valence-corrected chi connectivity index (χ4v) is 4.91. The van der Waals surface area contributed by atoms with Crippen molar-refractivity contribution in [1.82, 2.24) is 19.3 Å². The van der Waals surface area contributed by atoms with E-state index in [2.05, 4.69) is 15.6 Å². The van der Waals surface area contributed by atoms with Gasteiger partial charge in [0.1, 0.15) is 28.9 Å². The number of imidazole rings is 1. The van der Waals surface area contributed by atoms with Crippen molar-refractivity contribution in [3.8, 4) is 11.1 Å². The Kier molecular flexibility index (Phi) is 7.27. The Bertz CT molecular complexity index is 1860. The molecule has 5 aromatic rings. The Morgan fingerprint density at radius 3 is 2.41 bits per heavy atom. The SMILES string of the molecule is CC(C)Nc1cc(F)c(C(=O)N[C@@H](Cc2ccc(-c3cc4ccccc4n(C)c3=O)c3nccn23)C(=O)O)c(F)c1. The van der Waals surface area contributed by atoms with Crippen molar-refractivity contribution < 1.29 is 23.5 Å². The molecular weight excluding hydrogens is 532 g/mol. The van der Waals surface area contributed by atoms with Gasteiger partial charge < -0.3 is 24.7 Å². The molecule has 5 rings (SSSR count). The number of pyridine rings is 2. The van der Waals surface area contributed by atoms with E-state index in [0.29, 0.717) is 22.5 Å². The van der Waals surface area contributed by atoms with E-state index in [1.54, 1.807) is 54.3 Å². The van der Waals surface area contributed by atoms with Gasteiger partial charge in [-0.15, -0.1) is 0 Å². The molecule has 11 heteroatoms. The van der Waals surface area contributed by atoms with E-state index >= 15 is 0 Å². The Morgan fingerprint density at radius 1 is 1.02 bits per heavy atom. The number of aryl methyl sites for hydroxylation is 1. The van der Waals surface area contributed by atoms with Crippen molar-refractivity contribution in [2.45, 2.75) is 32.4 Å². The van der Waals surface area contributed by atoms with Crippen LogP contribution in [0.25, 0.3) is 27.7 Å². The number of nitrogens with one attached hydrogen (secondary N) is 2. The first-order valence-electron chi connectivity index (χ1n) is 12.9. The number of carbonyl (C=O) groups is 2. The second-order valence-corrected chi connectivity index (χ2v) is 10.0. The largest absolute Gasteiger partial charge is 0.480 e. The number of aromatic nitrogens is 3. The van der Waals surface area contributed by atoms with Crippen LogP contribution in [0.5, 0.6) is 0 Å². The van der Waals surface area contributed by atoms with Crippen LogP contribution in [0.15, 0.2) is 71.8 Å². The number of benzene rings is 2. The summed E-state index contributed by atoms with van der Waals surface area (Å²) in [6.45, 7) is 3.58. The average molecular weight is 560 g/mol. The predicted octanol–water partition coefficient (Wildman–Crippen LogP) is 4.38. The third-order valence-electron chi connectivity index (χ3n) is 6.80. The molecule has 2 aromatic carbocycles. The van der Waals surface area contributed by atoms with Crippen LogP contribution in [0.2, 0.25) is 0 Å². The first-order valence-corrected chi connectivity index (χ1v) is 12.9. The van der Waals surface area contributed by atoms with Gasteiger partial charge in [-0.3, -0.25) is 9.59 Å². The van der Waals surface area contributed by atoms with E-state index in [1.807, 2.05) is 24.3 Å². The predicted molar refractivity (Wildman–Crippen MR) is 151 cm³/mol. The molecule has 9 nitrogen and oxygen atoms in total. The number of rotatable bonds is 8. The minimum atomic E-state index is -1.51. The lowest BCUT2D eigenvalue weighted by Crippen LogP contribution is -2.43. The molecule has 1 atom stereocenters. The second kappa shape index (κ2) is 10.8. The lowest BCUT2D eigenvalue weighted by Gasteiger charge is -2.18. The van der Waals surface area contributed by atoms with E-state index in [9.17, 15) is 28.3 Å². The normalized spacial score (nSPS) is 12.1. The zero-order valence-corrected chi connectivity index (χ0v) is 22.5. The zero-order chi connectivity index (χ0) is 29.4. The van der Waals surface area contributed by atoms with E-state index in [-0.39, 0.29) is 23.7 Å². The lowest BCUT2D eigenvalue weighted by atomic mass is 10.0. The molecule has 0 bridgehead atoms. The molecule has 3 aromatic heterocycles. The maximum absolute atomic E-state index is 14.7. The van der Waals surface area contributed by atoms with Crippen LogP contribution >= 0.6 is 0 Å². The highest BCUT2D eigenvalue weighted by Crippen LogP contribution is 2.26. The summed E-state index contributed by atoms with van der Waals surface area (Å²) in [5, 5.41) is 15.8. The summed E-state index contributed by atoms with van der Waals surface area (Å²) in [5.74, 6) is -4.82. The van der Waals surface area contributed by atoms with Crippen molar-refractivity contribution in [3.63, 3.8) is 0 Å². The van der Waals surface area contributed by atoms with Crippen molar-refractivity contribution in [1.29, 1.82) is 0 Å². The summed E-state index contributed by atoms with van der Waals surface area (Å²) in [5.41, 5.74) is 1.65. The highest BCUT2D eigenvalue weighted by atomic mass is 19.1. The number of para-hydroxylation sites is 1. The number of aliphatic carboxylic acids is 1. The Morgan fingerprint density at radius 2 is 1.73 bits per heavy atom. The quantitative estimate of drug-likeness (QED) is 0.260. The van der Waals surface area contributed by atoms with Crippen LogP contribution in [0, 0.1) is 11.6 Å². The van der Waals surface area contributed by atoms with Crippen molar-refractivity contribution in [3.05, 3.63) is 100 Å². The number of nitrogens with zero attached hydrogens (tertiary/aromatic N) is 3.